The minimum atomic E-state index is -1.50. The Hall–Kier alpha value is 0.0805. The van der Waals surface area contributed by atoms with Gasteiger partial charge < -0.3 is 10.4 Å². The van der Waals surface area contributed by atoms with Gasteiger partial charge >= 0.3 is 45.5 Å². The molecule has 8 heavy (non-hydrogen) atoms. The molecule has 0 heterocycles. The minimum absolute atomic E-state index is 0. The van der Waals surface area contributed by atoms with Crippen LogP contribution in [0.5, 0.6) is 0 Å². The van der Waals surface area contributed by atoms with Crippen LogP contribution in [0, 0.1) is 15.0 Å². The van der Waals surface area contributed by atoms with Crippen molar-refractivity contribution in [3.63, 3.8) is 0 Å². The molecule has 0 atom stereocenters. The predicted molar refractivity (Wildman–Crippen MR) is 24.9 cm³/mol. The molecule has 0 unspecified atom stereocenters. The molecule has 7 nitrogen and oxygen atoms in total. The van der Waals surface area contributed by atoms with Gasteiger partial charge in [-0.1, -0.05) is 0 Å². The Morgan fingerprint density at radius 2 is 1.62 bits per heavy atom. The summed E-state index contributed by atoms with van der Waals surface area (Å²) in [6, 6.07) is 0. The molecule has 0 aromatic rings. The predicted octanol–water partition coefficient (Wildman–Crippen LogP) is -1.12. The average Bonchev–Trinajstić information content (AvgIpc) is 1.33. The van der Waals surface area contributed by atoms with Gasteiger partial charge in [-0.15, -0.1) is 15.0 Å². The molecule has 0 saturated heterocycles. The van der Waals surface area contributed by atoms with Crippen molar-refractivity contribution >= 4 is 45.5 Å². The summed E-state index contributed by atoms with van der Waals surface area (Å²) in [7, 11) is 0. The molecule has 0 radical (unpaired) electrons. The van der Waals surface area contributed by atoms with Gasteiger partial charge in [-0.3, -0.25) is 0 Å². The first-order valence-corrected chi connectivity index (χ1v) is 0.948. The molecule has 0 aliphatic carbocycles. The van der Waals surface area contributed by atoms with Gasteiger partial charge in [-0.2, -0.15) is 0 Å². The first-order valence-electron chi connectivity index (χ1n) is 0.948. The second kappa shape index (κ2) is 15.7. The van der Waals surface area contributed by atoms with Crippen LogP contribution < -0.4 is 0 Å². The van der Waals surface area contributed by atoms with Crippen LogP contribution in [0.4, 0.5) is 0 Å². The summed E-state index contributed by atoms with van der Waals surface area (Å²) in [5.41, 5.74) is 0. The Morgan fingerprint density at radius 1 is 1.62 bits per heavy atom. The van der Waals surface area contributed by atoms with Crippen LogP contribution in [0.2, 0.25) is 0 Å². The van der Waals surface area contributed by atoms with E-state index in [1.165, 1.54) is 5.34 Å². The first-order chi connectivity index (χ1) is 3.15. The Balaban J connectivity index is -0.0000000575. The third-order valence-corrected chi connectivity index (χ3v) is 0. The summed E-state index contributed by atoms with van der Waals surface area (Å²) >= 11 is 0. The zero-order valence-electron chi connectivity index (χ0n) is 3.01. The Morgan fingerprint density at radius 3 is 1.62 bits per heavy atom. The van der Waals surface area contributed by atoms with Gasteiger partial charge in [-0.05, 0) is 0 Å². The fourth-order valence-corrected chi connectivity index (χ4v) is 0. The Bertz CT molecular complexity index is 57.4. The Kier molecular flexibility index (Phi) is 30.8. The van der Waals surface area contributed by atoms with E-state index in [0.29, 0.717) is 0 Å². The van der Waals surface area contributed by atoms with E-state index in [1.54, 1.807) is 0 Å². The third-order valence-electron chi connectivity index (χ3n) is 0. The van der Waals surface area contributed by atoms with Gasteiger partial charge in [0.2, 0.25) is 0 Å². The van der Waals surface area contributed by atoms with Crippen LogP contribution in [-0.4, -0.2) is 61.0 Å². The maximum absolute atomic E-state index is 8.36. The van der Waals surface area contributed by atoms with Crippen LogP contribution in [0.3, 0.4) is 0 Å². The number of hydrogen-bond donors (Lipinski definition) is 2. The van der Waals surface area contributed by atoms with Crippen LogP contribution >= 0.6 is 0 Å². The summed E-state index contributed by atoms with van der Waals surface area (Å²) in [4.78, 5) is 16.5. The van der Waals surface area contributed by atoms with Gasteiger partial charge in [0, 0.05) is 0 Å². The van der Waals surface area contributed by atoms with E-state index in [4.69, 9.17) is 25.4 Å². The van der Waals surface area contributed by atoms with Gasteiger partial charge in [0.05, 0.1) is 0 Å². The molecule has 0 saturated carbocycles. The Labute approximate surface area is 80.6 Å². The fourth-order valence-electron chi connectivity index (χ4n) is 0. The van der Waals surface area contributed by atoms with Crippen LogP contribution in [0.1, 0.15) is 0 Å². The molecule has 0 aromatic heterocycles. The van der Waals surface area contributed by atoms with Crippen molar-refractivity contribution in [3.05, 3.63) is 15.0 Å². The van der Waals surface area contributed by atoms with Crippen molar-refractivity contribution in [1.82, 2.24) is 0 Å². The van der Waals surface area contributed by atoms with Crippen LogP contribution in [-0.2, 0) is 0 Å². The summed E-state index contributed by atoms with van der Waals surface area (Å²) in [5, 5.41) is 21.5. The number of hydrogen-bond acceptors (Lipinski definition) is 4. The van der Waals surface area contributed by atoms with Gasteiger partial charge in [-0.25, -0.2) is 0 Å². The molecule has 0 bridgehead atoms. The van der Waals surface area contributed by atoms with Crippen LogP contribution in [0.15, 0.2) is 5.34 Å². The van der Waals surface area contributed by atoms with Crippen molar-refractivity contribution in [3.8, 4) is 0 Å². The van der Waals surface area contributed by atoms with E-state index in [-0.39, 0.29) is 45.5 Å². The monoisotopic (exact) mass is 200 g/mol. The molecule has 0 spiro atoms. The molecule has 0 aliphatic heterocycles. The molecule has 0 rings (SSSR count). The van der Waals surface area contributed by atoms with E-state index < -0.39 is 5.09 Å². The van der Waals surface area contributed by atoms with Crippen molar-refractivity contribution in [1.29, 1.82) is 0 Å². The summed E-state index contributed by atoms with van der Waals surface area (Å²) in [5.74, 6) is 0. The quantitative estimate of drug-likeness (QED) is 0.222. The van der Waals surface area contributed by atoms with E-state index >= 15 is 0 Å². The summed E-state index contributed by atoms with van der Waals surface area (Å²) < 4.78 is 0. The molecule has 0 amide bonds. The second-order valence-electron chi connectivity index (χ2n) is 0.319. The van der Waals surface area contributed by atoms with E-state index in [9.17, 15) is 0 Å². The fraction of sp³-hybridized carbons (Fsp3) is 0. The van der Waals surface area contributed by atoms with Crippen molar-refractivity contribution in [2.24, 2.45) is 5.34 Å². The van der Waals surface area contributed by atoms with Gasteiger partial charge in [0.25, 0.3) is 5.09 Å². The average molecular weight is 200 g/mol. The zero-order chi connectivity index (χ0) is 6.28. The number of nitrogens with zero attached hydrogens (tertiary/aromatic N) is 2. The SMILES string of the molecule is O=NO.O=[N+]([O-])O.[SrH2]. The standard InChI is InChI=1S/HNO3.HNO2.Sr.2H/c2-1(3)4;2-1-3;;;/h(H,2,3,4);(H,2,3);;;. The molecule has 8 heteroatoms. The summed E-state index contributed by atoms with van der Waals surface area (Å²) in [6.07, 6.45) is 0. The molecule has 0 fully saturated rings. The molecule has 0 aliphatic rings. The molecular weight excluding hydrogens is 196 g/mol. The first kappa shape index (κ1) is 15.7. The van der Waals surface area contributed by atoms with Crippen molar-refractivity contribution < 1.29 is 15.5 Å². The van der Waals surface area contributed by atoms with Crippen LogP contribution in [0.25, 0.3) is 0 Å². The summed E-state index contributed by atoms with van der Waals surface area (Å²) in [6.45, 7) is 0. The normalized spacial score (nSPS) is 4.50. The number of rotatable bonds is 0. The third kappa shape index (κ3) is 24200. The second-order valence-corrected chi connectivity index (χ2v) is 0.319. The molecule has 46 valence electrons. The maximum atomic E-state index is 8.36. The van der Waals surface area contributed by atoms with Crippen molar-refractivity contribution in [2.45, 2.75) is 0 Å². The molecule has 2 N–H and O–H groups in total. The van der Waals surface area contributed by atoms with E-state index in [2.05, 4.69) is 0 Å². The van der Waals surface area contributed by atoms with Gasteiger partial charge in [0.1, 0.15) is 0 Å². The molecular formula is H4N2O5Sr. The van der Waals surface area contributed by atoms with Crippen molar-refractivity contribution in [2.75, 3.05) is 0 Å². The van der Waals surface area contributed by atoms with Gasteiger partial charge in [0.15, 0.2) is 5.34 Å². The van der Waals surface area contributed by atoms with E-state index in [1.807, 2.05) is 0 Å². The topological polar surface area (TPSA) is 113 Å². The van der Waals surface area contributed by atoms with E-state index in [0.717, 1.165) is 0 Å². The zero-order valence-corrected chi connectivity index (χ0v) is 3.01. The molecule has 0 aromatic carbocycles.